The van der Waals surface area contributed by atoms with E-state index in [1.54, 1.807) is 0 Å². The zero-order chi connectivity index (χ0) is 15.0. The number of nitrogens with zero attached hydrogens (tertiary/aromatic N) is 1. The molecule has 3 nitrogen and oxygen atoms in total. The summed E-state index contributed by atoms with van der Waals surface area (Å²) < 4.78 is 5.83. The van der Waals surface area contributed by atoms with Gasteiger partial charge in [0.15, 0.2) is 0 Å². The van der Waals surface area contributed by atoms with Crippen molar-refractivity contribution < 1.29 is 4.74 Å². The van der Waals surface area contributed by atoms with Crippen LogP contribution >= 0.6 is 0 Å². The summed E-state index contributed by atoms with van der Waals surface area (Å²) in [6.45, 7) is 10.0. The first-order valence-electron chi connectivity index (χ1n) is 7.49. The highest BCUT2D eigenvalue weighted by Crippen LogP contribution is 2.12. The van der Waals surface area contributed by atoms with E-state index in [-0.39, 0.29) is 5.54 Å². The smallest absolute Gasteiger partial charge is 0.0717 e. The average molecular weight is 278 g/mol. The molecular weight excluding hydrogens is 248 g/mol. The Morgan fingerprint density at radius 2 is 1.70 bits per heavy atom. The highest BCUT2D eigenvalue weighted by molar-refractivity contribution is 5.21. The molecule has 0 heterocycles. The molecule has 0 saturated carbocycles. The van der Waals surface area contributed by atoms with Crippen LogP contribution < -0.4 is 5.32 Å². The maximum atomic E-state index is 5.83. The number of rotatable bonds is 9. The summed E-state index contributed by atoms with van der Waals surface area (Å²) in [6, 6.07) is 8.67. The van der Waals surface area contributed by atoms with Crippen molar-refractivity contribution in [1.82, 2.24) is 10.2 Å². The minimum Gasteiger partial charge on any atom is -0.375 e. The van der Waals surface area contributed by atoms with Crippen molar-refractivity contribution in [2.75, 3.05) is 27.2 Å². The highest BCUT2D eigenvalue weighted by Gasteiger charge is 2.20. The van der Waals surface area contributed by atoms with E-state index < -0.39 is 0 Å². The molecule has 1 rings (SSSR count). The van der Waals surface area contributed by atoms with E-state index in [1.165, 1.54) is 17.5 Å². The maximum Gasteiger partial charge on any atom is 0.0717 e. The molecule has 0 fully saturated rings. The number of likely N-dealkylation sites (N-methyl/N-ethyl adjacent to an activating group) is 1. The van der Waals surface area contributed by atoms with Gasteiger partial charge in [-0.15, -0.1) is 0 Å². The lowest BCUT2D eigenvalue weighted by Gasteiger charge is -2.32. The second-order valence-electron chi connectivity index (χ2n) is 6.19. The Balaban J connectivity index is 2.35. The van der Waals surface area contributed by atoms with Gasteiger partial charge in [0.2, 0.25) is 0 Å². The van der Waals surface area contributed by atoms with Crippen LogP contribution in [0.5, 0.6) is 0 Å². The molecule has 0 spiro atoms. The Morgan fingerprint density at radius 1 is 1.10 bits per heavy atom. The number of ether oxygens (including phenoxy) is 1. The average Bonchev–Trinajstić information content (AvgIpc) is 2.40. The van der Waals surface area contributed by atoms with E-state index in [1.807, 2.05) is 0 Å². The van der Waals surface area contributed by atoms with Crippen molar-refractivity contribution in [1.29, 1.82) is 0 Å². The molecule has 0 saturated heterocycles. The maximum absolute atomic E-state index is 5.83. The fourth-order valence-corrected chi connectivity index (χ4v) is 1.71. The Kier molecular flexibility index (Phi) is 7.20. The van der Waals surface area contributed by atoms with Crippen molar-refractivity contribution >= 4 is 0 Å². The van der Waals surface area contributed by atoms with Crippen LogP contribution in [0.2, 0.25) is 0 Å². The molecule has 3 heteroatoms. The minimum atomic E-state index is 0.0734. The third-order valence-electron chi connectivity index (χ3n) is 3.71. The van der Waals surface area contributed by atoms with Crippen molar-refractivity contribution in [3.63, 3.8) is 0 Å². The van der Waals surface area contributed by atoms with Gasteiger partial charge in [-0.3, -0.25) is 0 Å². The normalized spacial score (nSPS) is 12.1. The van der Waals surface area contributed by atoms with Crippen LogP contribution in [-0.4, -0.2) is 37.7 Å². The fraction of sp³-hybridized carbons (Fsp3) is 0.647. The molecule has 0 radical (unpaired) electrons. The van der Waals surface area contributed by atoms with Gasteiger partial charge in [-0.1, -0.05) is 31.2 Å². The lowest BCUT2D eigenvalue weighted by Crippen LogP contribution is -2.42. The Labute approximate surface area is 124 Å². The van der Waals surface area contributed by atoms with Gasteiger partial charge >= 0.3 is 0 Å². The van der Waals surface area contributed by atoms with Gasteiger partial charge in [0.25, 0.3) is 0 Å². The zero-order valence-electron chi connectivity index (χ0n) is 13.7. The van der Waals surface area contributed by atoms with Crippen LogP contribution in [0.4, 0.5) is 0 Å². The number of benzene rings is 1. The van der Waals surface area contributed by atoms with Crippen LogP contribution in [0.3, 0.4) is 0 Å². The molecule has 0 aliphatic heterocycles. The van der Waals surface area contributed by atoms with Crippen LogP contribution in [0.15, 0.2) is 24.3 Å². The molecule has 1 aromatic carbocycles. The van der Waals surface area contributed by atoms with Crippen molar-refractivity contribution in [2.45, 2.75) is 45.9 Å². The van der Waals surface area contributed by atoms with E-state index in [0.717, 1.165) is 19.7 Å². The van der Waals surface area contributed by atoms with Crippen molar-refractivity contribution in [2.24, 2.45) is 0 Å². The van der Waals surface area contributed by atoms with Crippen LogP contribution in [0.25, 0.3) is 0 Å². The predicted octanol–water partition coefficient (Wildman–Crippen LogP) is 3.04. The molecule has 0 amide bonds. The first-order chi connectivity index (χ1) is 9.45. The summed E-state index contributed by atoms with van der Waals surface area (Å²) in [7, 11) is 4.17. The molecule has 0 bridgehead atoms. The van der Waals surface area contributed by atoms with Crippen LogP contribution in [0.1, 0.15) is 38.3 Å². The number of nitrogens with one attached hydrogen (secondary N) is 1. The SMILES string of the molecule is CCCNCc1ccc(COCC(C)(C)N(C)C)cc1. The first kappa shape index (κ1) is 17.2. The van der Waals surface area contributed by atoms with Crippen LogP contribution in [0, 0.1) is 0 Å². The molecule has 0 unspecified atom stereocenters. The Morgan fingerprint density at radius 3 is 2.25 bits per heavy atom. The lowest BCUT2D eigenvalue weighted by atomic mass is 10.1. The Bertz CT molecular complexity index is 371. The lowest BCUT2D eigenvalue weighted by molar-refractivity contribution is 0.0275. The minimum absolute atomic E-state index is 0.0734. The molecule has 0 aliphatic rings. The topological polar surface area (TPSA) is 24.5 Å². The number of hydrogen-bond donors (Lipinski definition) is 1. The third kappa shape index (κ3) is 6.04. The largest absolute Gasteiger partial charge is 0.375 e. The first-order valence-corrected chi connectivity index (χ1v) is 7.49. The summed E-state index contributed by atoms with van der Waals surface area (Å²) in [5, 5.41) is 3.41. The summed E-state index contributed by atoms with van der Waals surface area (Å²) >= 11 is 0. The van der Waals surface area contributed by atoms with Gasteiger partial charge in [0, 0.05) is 12.1 Å². The van der Waals surface area contributed by atoms with Gasteiger partial charge in [-0.2, -0.15) is 0 Å². The molecule has 114 valence electrons. The molecule has 0 aliphatic carbocycles. The summed E-state index contributed by atoms with van der Waals surface area (Å²) in [5.41, 5.74) is 2.64. The van der Waals surface area contributed by atoms with Gasteiger partial charge < -0.3 is 15.0 Å². The third-order valence-corrected chi connectivity index (χ3v) is 3.71. The quantitative estimate of drug-likeness (QED) is 0.703. The van der Waals surface area contributed by atoms with Gasteiger partial charge in [0.05, 0.1) is 13.2 Å². The zero-order valence-corrected chi connectivity index (χ0v) is 13.7. The highest BCUT2D eigenvalue weighted by atomic mass is 16.5. The molecule has 1 aromatic rings. The van der Waals surface area contributed by atoms with E-state index in [2.05, 4.69) is 69.3 Å². The van der Waals surface area contributed by atoms with Crippen LogP contribution in [-0.2, 0) is 17.9 Å². The molecular formula is C17H30N2O. The summed E-state index contributed by atoms with van der Waals surface area (Å²) in [4.78, 5) is 2.19. The van der Waals surface area contributed by atoms with E-state index >= 15 is 0 Å². The Hall–Kier alpha value is -0.900. The van der Waals surface area contributed by atoms with E-state index in [0.29, 0.717) is 6.61 Å². The molecule has 20 heavy (non-hydrogen) atoms. The summed E-state index contributed by atoms with van der Waals surface area (Å²) in [5.74, 6) is 0. The number of hydrogen-bond acceptors (Lipinski definition) is 3. The second-order valence-corrected chi connectivity index (χ2v) is 6.19. The van der Waals surface area contributed by atoms with Gasteiger partial charge in [-0.05, 0) is 52.0 Å². The fourth-order valence-electron chi connectivity index (χ4n) is 1.71. The molecule has 0 aromatic heterocycles. The molecule has 0 atom stereocenters. The van der Waals surface area contributed by atoms with Gasteiger partial charge in [0.1, 0.15) is 0 Å². The predicted molar refractivity (Wildman–Crippen MR) is 85.9 cm³/mol. The van der Waals surface area contributed by atoms with E-state index in [9.17, 15) is 0 Å². The second kappa shape index (κ2) is 8.40. The standard InChI is InChI=1S/C17H30N2O/c1-6-11-18-12-15-7-9-16(10-8-15)13-20-14-17(2,3)19(4)5/h7-10,18H,6,11-14H2,1-5H3. The van der Waals surface area contributed by atoms with Crippen molar-refractivity contribution in [3.05, 3.63) is 35.4 Å². The molecule has 1 N–H and O–H groups in total. The summed E-state index contributed by atoms with van der Waals surface area (Å²) in [6.07, 6.45) is 1.17. The van der Waals surface area contributed by atoms with E-state index in [4.69, 9.17) is 4.74 Å². The van der Waals surface area contributed by atoms with Gasteiger partial charge in [-0.25, -0.2) is 0 Å². The monoisotopic (exact) mass is 278 g/mol. The van der Waals surface area contributed by atoms with Crippen molar-refractivity contribution in [3.8, 4) is 0 Å².